The lowest BCUT2D eigenvalue weighted by molar-refractivity contribution is -0.282. The van der Waals surface area contributed by atoms with Gasteiger partial charge in [0.15, 0.2) is 29.3 Å². The summed E-state index contributed by atoms with van der Waals surface area (Å²) in [7, 11) is 0. The van der Waals surface area contributed by atoms with Gasteiger partial charge in [0.2, 0.25) is 0 Å². The number of aromatic hydroxyl groups is 4. The van der Waals surface area contributed by atoms with Crippen LogP contribution in [-0.4, -0.2) is 78.8 Å². The van der Waals surface area contributed by atoms with Gasteiger partial charge in [-0.3, -0.25) is 4.79 Å². The third kappa shape index (κ3) is 6.81. The van der Waals surface area contributed by atoms with E-state index in [0.29, 0.717) is 30.4 Å². The van der Waals surface area contributed by atoms with E-state index in [1.165, 1.54) is 24.3 Å². The van der Waals surface area contributed by atoms with E-state index in [2.05, 4.69) is 0 Å². The fourth-order valence-electron chi connectivity index (χ4n) is 3.72. The number of carbonyl (C=O) groups excluding carboxylic acids is 1. The molecule has 7 N–H and O–H groups in total. The van der Waals surface area contributed by atoms with Crippen LogP contribution < -0.4 is 0 Å². The van der Waals surface area contributed by atoms with Gasteiger partial charge >= 0.3 is 0 Å². The molecular weight excluding hydrogens is 448 g/mol. The van der Waals surface area contributed by atoms with E-state index in [4.69, 9.17) is 9.47 Å². The van der Waals surface area contributed by atoms with Crippen LogP contribution in [-0.2, 0) is 27.1 Å². The first-order chi connectivity index (χ1) is 16.1. The van der Waals surface area contributed by atoms with Crippen LogP contribution in [0.25, 0.3) is 0 Å². The van der Waals surface area contributed by atoms with Crippen LogP contribution in [0.2, 0.25) is 0 Å². The second-order valence-corrected chi connectivity index (χ2v) is 8.44. The predicted octanol–water partition coefficient (Wildman–Crippen LogP) is 0.858. The highest BCUT2D eigenvalue weighted by atomic mass is 16.7. The molecule has 1 aliphatic heterocycles. The molecule has 2 aromatic carbocycles. The number of carbonyl (C=O) groups is 1. The van der Waals surface area contributed by atoms with Crippen molar-refractivity contribution in [3.63, 3.8) is 0 Å². The summed E-state index contributed by atoms with van der Waals surface area (Å²) < 4.78 is 11.1. The zero-order valence-electron chi connectivity index (χ0n) is 18.4. The lowest BCUT2D eigenvalue weighted by Crippen LogP contribution is -2.54. The molecule has 1 saturated heterocycles. The van der Waals surface area contributed by atoms with Crippen molar-refractivity contribution in [1.29, 1.82) is 0 Å². The maximum absolute atomic E-state index is 12.7. The average Bonchev–Trinajstić information content (AvgIpc) is 2.80. The standard InChI is InChI=1S/C24H30O10/c25-15(5-1-13-3-7-17(26)19(28)9-13)11-16(6-2-14-4-8-18(27)20(29)10-14)34-24-23(32)22(31)21(30)12-33-24/h3-4,7-10,16,21-24,26-32H,1-2,5-6,11-12H2/t16-,21+,22-,23+,24+/m0/s1. The summed E-state index contributed by atoms with van der Waals surface area (Å²) in [5.74, 6) is -1.20. The van der Waals surface area contributed by atoms with Gasteiger partial charge < -0.3 is 45.2 Å². The lowest BCUT2D eigenvalue weighted by atomic mass is 9.99. The van der Waals surface area contributed by atoms with Crippen LogP contribution in [0.3, 0.4) is 0 Å². The Kier molecular flexibility index (Phi) is 8.70. The molecule has 0 aliphatic carbocycles. The Balaban J connectivity index is 1.63. The molecule has 2 aromatic rings. The Morgan fingerprint density at radius 3 is 2.06 bits per heavy atom. The maximum atomic E-state index is 12.7. The first kappa shape index (κ1) is 25.7. The second kappa shape index (κ2) is 11.5. The highest BCUT2D eigenvalue weighted by Gasteiger charge is 2.39. The third-order valence-electron chi connectivity index (χ3n) is 5.76. The number of benzene rings is 2. The van der Waals surface area contributed by atoms with Crippen molar-refractivity contribution in [1.82, 2.24) is 0 Å². The van der Waals surface area contributed by atoms with Crippen LogP contribution in [0.4, 0.5) is 0 Å². The number of Topliss-reactive ketones (excluding diaryl/α,β-unsaturated/α-hetero) is 1. The quantitative estimate of drug-likeness (QED) is 0.242. The largest absolute Gasteiger partial charge is 0.504 e. The van der Waals surface area contributed by atoms with Gasteiger partial charge in [0.1, 0.15) is 24.1 Å². The molecule has 1 aliphatic rings. The van der Waals surface area contributed by atoms with Gasteiger partial charge in [0.25, 0.3) is 0 Å². The Hall–Kier alpha value is -2.89. The molecule has 10 heteroatoms. The molecule has 0 radical (unpaired) electrons. The molecule has 186 valence electrons. The molecule has 0 spiro atoms. The number of ether oxygens (including phenoxy) is 2. The van der Waals surface area contributed by atoms with Crippen LogP contribution in [0.1, 0.15) is 30.4 Å². The van der Waals surface area contributed by atoms with E-state index in [1.54, 1.807) is 12.1 Å². The first-order valence-corrected chi connectivity index (χ1v) is 11.0. The molecular formula is C24H30O10. The Morgan fingerprint density at radius 1 is 0.882 bits per heavy atom. The van der Waals surface area contributed by atoms with Crippen molar-refractivity contribution in [2.75, 3.05) is 6.61 Å². The van der Waals surface area contributed by atoms with Crippen molar-refractivity contribution >= 4 is 5.78 Å². The zero-order valence-corrected chi connectivity index (χ0v) is 18.4. The molecule has 0 bridgehead atoms. The van der Waals surface area contributed by atoms with Crippen molar-refractivity contribution < 1.29 is 50.0 Å². The van der Waals surface area contributed by atoms with Gasteiger partial charge in [-0.25, -0.2) is 0 Å². The van der Waals surface area contributed by atoms with E-state index in [1.807, 2.05) is 0 Å². The summed E-state index contributed by atoms with van der Waals surface area (Å²) in [5, 5.41) is 67.9. The fourth-order valence-corrected chi connectivity index (χ4v) is 3.72. The van der Waals surface area contributed by atoms with Crippen molar-refractivity contribution in [3.05, 3.63) is 47.5 Å². The molecule has 3 rings (SSSR count). The minimum atomic E-state index is -1.50. The third-order valence-corrected chi connectivity index (χ3v) is 5.76. The molecule has 0 unspecified atom stereocenters. The Morgan fingerprint density at radius 2 is 1.47 bits per heavy atom. The minimum absolute atomic E-state index is 0.0284. The summed E-state index contributed by atoms with van der Waals surface area (Å²) in [4.78, 5) is 12.7. The number of rotatable bonds is 10. The zero-order chi connectivity index (χ0) is 24.8. The summed E-state index contributed by atoms with van der Waals surface area (Å²) in [6.07, 6.45) is -5.02. The molecule has 0 saturated carbocycles. The monoisotopic (exact) mass is 478 g/mol. The number of ketones is 1. The van der Waals surface area contributed by atoms with Crippen LogP contribution >= 0.6 is 0 Å². The molecule has 34 heavy (non-hydrogen) atoms. The Labute approximate surface area is 196 Å². The highest BCUT2D eigenvalue weighted by molar-refractivity contribution is 5.79. The lowest BCUT2D eigenvalue weighted by Gasteiger charge is -2.36. The summed E-state index contributed by atoms with van der Waals surface area (Å²) >= 11 is 0. The van der Waals surface area contributed by atoms with Gasteiger partial charge in [-0.05, 0) is 54.7 Å². The maximum Gasteiger partial charge on any atom is 0.186 e. The van der Waals surface area contributed by atoms with E-state index in [0.717, 1.165) is 0 Å². The van der Waals surface area contributed by atoms with Crippen LogP contribution in [0, 0.1) is 0 Å². The number of hydrogen-bond acceptors (Lipinski definition) is 10. The summed E-state index contributed by atoms with van der Waals surface area (Å²) in [6.45, 7) is -0.236. The molecule has 0 amide bonds. The highest BCUT2D eigenvalue weighted by Crippen LogP contribution is 2.28. The number of phenols is 4. The number of aliphatic hydroxyl groups is 3. The second-order valence-electron chi connectivity index (χ2n) is 8.44. The molecule has 1 heterocycles. The number of phenolic OH excluding ortho intramolecular Hbond substituents is 4. The first-order valence-electron chi connectivity index (χ1n) is 11.0. The van der Waals surface area contributed by atoms with Crippen LogP contribution in [0.15, 0.2) is 36.4 Å². The van der Waals surface area contributed by atoms with Gasteiger partial charge in [-0.2, -0.15) is 0 Å². The average molecular weight is 478 g/mol. The van der Waals surface area contributed by atoms with Gasteiger partial charge in [-0.1, -0.05) is 12.1 Å². The topological polar surface area (TPSA) is 177 Å². The Bertz CT molecular complexity index is 978. The normalized spacial score (nSPS) is 23.5. The summed E-state index contributed by atoms with van der Waals surface area (Å²) in [5.41, 5.74) is 1.36. The van der Waals surface area contributed by atoms with Crippen molar-refractivity contribution in [3.8, 4) is 23.0 Å². The van der Waals surface area contributed by atoms with E-state index >= 15 is 0 Å². The number of hydrogen-bond donors (Lipinski definition) is 7. The molecule has 10 nitrogen and oxygen atoms in total. The number of aryl methyl sites for hydroxylation is 2. The molecule has 0 aromatic heterocycles. The van der Waals surface area contributed by atoms with Crippen LogP contribution in [0.5, 0.6) is 23.0 Å². The van der Waals surface area contributed by atoms with Gasteiger partial charge in [0.05, 0.1) is 12.7 Å². The van der Waals surface area contributed by atoms with Crippen molar-refractivity contribution in [2.45, 2.75) is 62.8 Å². The minimum Gasteiger partial charge on any atom is -0.504 e. The van der Waals surface area contributed by atoms with E-state index in [-0.39, 0.29) is 48.2 Å². The number of aliphatic hydroxyl groups excluding tert-OH is 3. The fraction of sp³-hybridized carbons (Fsp3) is 0.458. The molecule has 1 fully saturated rings. The SMILES string of the molecule is O=C(CCc1ccc(O)c(O)c1)C[C@H](CCc1ccc(O)c(O)c1)O[C@H]1OC[C@@H](O)[C@H](O)[C@H]1O. The van der Waals surface area contributed by atoms with E-state index in [9.17, 15) is 40.5 Å². The molecule has 5 atom stereocenters. The smallest absolute Gasteiger partial charge is 0.186 e. The van der Waals surface area contributed by atoms with Crippen molar-refractivity contribution in [2.24, 2.45) is 0 Å². The predicted molar refractivity (Wildman–Crippen MR) is 118 cm³/mol. The van der Waals surface area contributed by atoms with Gasteiger partial charge in [-0.15, -0.1) is 0 Å². The van der Waals surface area contributed by atoms with E-state index < -0.39 is 30.7 Å². The van der Waals surface area contributed by atoms with Gasteiger partial charge in [0, 0.05) is 12.8 Å². The summed E-state index contributed by atoms with van der Waals surface area (Å²) in [6, 6.07) is 8.70.